The standard InChI is InChI=1S/C30H32F4N2O3S/c1-20-8-3-4-11-27(20)40(37,38)35-16-5-6-17-36-25(18-35)28(26(36)19-39-2)22-14-12-21(13-15-22)23-9-7-10-24(31)29(23)30(32,33)34/h3-4,7-15,25-26,28H,5-6,16-19H2,1-2H3/t25-,26+,28-/m0/s1. The van der Waals surface area contributed by atoms with E-state index in [0.29, 0.717) is 30.2 Å². The van der Waals surface area contributed by atoms with Crippen molar-refractivity contribution in [2.24, 2.45) is 0 Å². The van der Waals surface area contributed by atoms with Gasteiger partial charge in [0.05, 0.1) is 17.1 Å². The van der Waals surface area contributed by atoms with Gasteiger partial charge in [0, 0.05) is 38.2 Å². The van der Waals surface area contributed by atoms with Gasteiger partial charge in [0.15, 0.2) is 0 Å². The van der Waals surface area contributed by atoms with Gasteiger partial charge in [-0.1, -0.05) is 54.6 Å². The lowest BCUT2D eigenvalue weighted by Gasteiger charge is -2.57. The van der Waals surface area contributed by atoms with Gasteiger partial charge in [0.25, 0.3) is 0 Å². The van der Waals surface area contributed by atoms with Gasteiger partial charge in [-0.2, -0.15) is 17.5 Å². The Balaban J connectivity index is 1.47. The minimum absolute atomic E-state index is 0.00173. The van der Waals surface area contributed by atoms with E-state index in [2.05, 4.69) is 4.90 Å². The molecule has 3 aromatic carbocycles. The van der Waals surface area contributed by atoms with Crippen LogP contribution in [0.3, 0.4) is 0 Å². The molecule has 2 heterocycles. The van der Waals surface area contributed by atoms with Crippen molar-refractivity contribution in [3.05, 3.63) is 89.2 Å². The zero-order valence-corrected chi connectivity index (χ0v) is 23.2. The summed E-state index contributed by atoms with van der Waals surface area (Å²) >= 11 is 0. The first kappa shape index (κ1) is 28.7. The lowest BCUT2D eigenvalue weighted by Crippen LogP contribution is -2.68. The Morgan fingerprint density at radius 2 is 1.65 bits per heavy atom. The highest BCUT2D eigenvalue weighted by molar-refractivity contribution is 7.89. The van der Waals surface area contributed by atoms with Crippen LogP contribution in [-0.2, 0) is 20.9 Å². The average molecular weight is 577 g/mol. The van der Waals surface area contributed by atoms with E-state index in [4.69, 9.17) is 4.74 Å². The summed E-state index contributed by atoms with van der Waals surface area (Å²) in [6, 6.07) is 16.9. The molecule has 2 fully saturated rings. The molecule has 0 radical (unpaired) electrons. The molecule has 0 amide bonds. The molecular weight excluding hydrogens is 544 g/mol. The summed E-state index contributed by atoms with van der Waals surface area (Å²) in [5, 5.41) is 0. The SMILES string of the molecule is COC[C@@H]1[C@@H](c2ccc(-c3cccc(F)c3C(F)(F)F)cc2)[C@@H]2CN(S(=O)(=O)c3ccccc3C)CCCCN12. The van der Waals surface area contributed by atoms with Crippen molar-refractivity contribution in [3.63, 3.8) is 0 Å². The Labute approximate surface area is 232 Å². The van der Waals surface area contributed by atoms with Crippen LogP contribution in [0.4, 0.5) is 17.6 Å². The Kier molecular flexibility index (Phi) is 8.07. The third-order valence-corrected chi connectivity index (χ3v) is 10.1. The van der Waals surface area contributed by atoms with Gasteiger partial charge < -0.3 is 4.74 Å². The van der Waals surface area contributed by atoms with Crippen LogP contribution in [0.2, 0.25) is 0 Å². The molecular formula is C30H32F4N2O3S. The monoisotopic (exact) mass is 576 g/mol. The molecule has 2 aliphatic rings. The number of methoxy groups -OCH3 is 1. The number of sulfonamides is 1. The fourth-order valence-electron chi connectivity index (χ4n) is 6.20. The average Bonchev–Trinajstić information content (AvgIpc) is 2.89. The third kappa shape index (κ3) is 5.30. The maximum absolute atomic E-state index is 14.2. The normalized spacial score (nSPS) is 22.7. The van der Waals surface area contributed by atoms with Gasteiger partial charge in [-0.05, 0) is 60.7 Å². The van der Waals surface area contributed by atoms with Crippen LogP contribution in [0, 0.1) is 12.7 Å². The van der Waals surface area contributed by atoms with Gasteiger partial charge >= 0.3 is 6.18 Å². The summed E-state index contributed by atoms with van der Waals surface area (Å²) in [6.45, 7) is 3.75. The second kappa shape index (κ2) is 11.2. The molecule has 0 N–H and O–H groups in total. The van der Waals surface area contributed by atoms with Gasteiger partial charge in [-0.3, -0.25) is 4.90 Å². The maximum atomic E-state index is 14.2. The lowest BCUT2D eigenvalue weighted by atomic mass is 9.74. The highest BCUT2D eigenvalue weighted by Gasteiger charge is 2.50. The van der Waals surface area contributed by atoms with Gasteiger partial charge in [-0.25, -0.2) is 12.8 Å². The first-order valence-electron chi connectivity index (χ1n) is 13.3. The Hall–Kier alpha value is -2.79. The van der Waals surface area contributed by atoms with Crippen LogP contribution >= 0.6 is 0 Å². The highest BCUT2D eigenvalue weighted by Crippen LogP contribution is 2.44. The molecule has 5 nitrogen and oxygen atoms in total. The first-order valence-corrected chi connectivity index (χ1v) is 14.7. The van der Waals surface area contributed by atoms with Crippen molar-refractivity contribution >= 4 is 10.0 Å². The summed E-state index contributed by atoms with van der Waals surface area (Å²) in [5.41, 5.74) is 0.327. The van der Waals surface area contributed by atoms with Crippen LogP contribution in [-0.4, -0.2) is 63.1 Å². The van der Waals surface area contributed by atoms with E-state index in [-0.39, 0.29) is 29.1 Å². The molecule has 0 saturated carbocycles. The van der Waals surface area contributed by atoms with E-state index < -0.39 is 27.6 Å². The van der Waals surface area contributed by atoms with E-state index in [0.717, 1.165) is 31.0 Å². The number of ether oxygens (including phenoxy) is 1. The van der Waals surface area contributed by atoms with Crippen molar-refractivity contribution in [3.8, 4) is 11.1 Å². The van der Waals surface area contributed by atoms with Gasteiger partial charge in [0.2, 0.25) is 10.0 Å². The van der Waals surface area contributed by atoms with Gasteiger partial charge in [0.1, 0.15) is 5.82 Å². The zero-order valence-electron chi connectivity index (χ0n) is 22.4. The Morgan fingerprint density at radius 1 is 0.950 bits per heavy atom. The Bertz CT molecular complexity index is 1460. The smallest absolute Gasteiger partial charge is 0.383 e. The minimum atomic E-state index is -4.83. The third-order valence-electron chi connectivity index (χ3n) is 8.10. The summed E-state index contributed by atoms with van der Waals surface area (Å²) in [5.74, 6) is -1.40. The van der Waals surface area contributed by atoms with E-state index in [1.807, 2.05) is 6.07 Å². The molecule has 3 aromatic rings. The number of benzene rings is 3. The molecule has 0 unspecified atom stereocenters. The molecule has 3 atom stereocenters. The zero-order chi connectivity index (χ0) is 28.7. The lowest BCUT2D eigenvalue weighted by molar-refractivity contribution is -0.139. The second-order valence-electron chi connectivity index (χ2n) is 10.5. The molecule has 0 aromatic heterocycles. The van der Waals surface area contributed by atoms with Crippen LogP contribution < -0.4 is 0 Å². The van der Waals surface area contributed by atoms with Crippen molar-refractivity contribution in [1.29, 1.82) is 0 Å². The highest BCUT2D eigenvalue weighted by atomic mass is 32.2. The van der Waals surface area contributed by atoms with E-state index >= 15 is 0 Å². The summed E-state index contributed by atoms with van der Waals surface area (Å²) in [4.78, 5) is 2.59. The molecule has 214 valence electrons. The van der Waals surface area contributed by atoms with E-state index in [1.54, 1.807) is 60.8 Å². The Morgan fingerprint density at radius 3 is 2.33 bits per heavy atom. The molecule has 10 heteroatoms. The molecule has 2 aliphatic heterocycles. The summed E-state index contributed by atoms with van der Waals surface area (Å²) in [6.07, 6.45) is -3.26. The van der Waals surface area contributed by atoms with Crippen LogP contribution in [0.25, 0.3) is 11.1 Å². The number of aryl methyl sites for hydroxylation is 1. The number of fused-ring (bicyclic) bond motifs is 1. The second-order valence-corrected chi connectivity index (χ2v) is 12.4. The summed E-state index contributed by atoms with van der Waals surface area (Å²) < 4.78 is 89.6. The quantitative estimate of drug-likeness (QED) is 0.334. The molecule has 40 heavy (non-hydrogen) atoms. The van der Waals surface area contributed by atoms with Gasteiger partial charge in [-0.15, -0.1) is 0 Å². The van der Waals surface area contributed by atoms with Crippen LogP contribution in [0.1, 0.15) is 35.4 Å². The topological polar surface area (TPSA) is 49.9 Å². The number of rotatable bonds is 6. The van der Waals surface area contributed by atoms with Crippen molar-refractivity contribution in [1.82, 2.24) is 9.21 Å². The number of halogens is 4. The van der Waals surface area contributed by atoms with Crippen LogP contribution in [0.5, 0.6) is 0 Å². The number of hydrogen-bond donors (Lipinski definition) is 0. The molecule has 0 aliphatic carbocycles. The predicted molar refractivity (Wildman–Crippen MR) is 145 cm³/mol. The van der Waals surface area contributed by atoms with Crippen molar-refractivity contribution < 1.29 is 30.7 Å². The van der Waals surface area contributed by atoms with Crippen molar-refractivity contribution in [2.75, 3.05) is 33.4 Å². The predicted octanol–water partition coefficient (Wildman–Crippen LogP) is 6.09. The minimum Gasteiger partial charge on any atom is -0.383 e. The largest absolute Gasteiger partial charge is 0.419 e. The number of nitrogens with zero attached hydrogens (tertiary/aromatic N) is 2. The van der Waals surface area contributed by atoms with Crippen molar-refractivity contribution in [2.45, 2.75) is 48.8 Å². The molecule has 2 saturated heterocycles. The fourth-order valence-corrected chi connectivity index (χ4v) is 7.92. The number of hydrogen-bond acceptors (Lipinski definition) is 4. The molecule has 0 bridgehead atoms. The molecule has 0 spiro atoms. The molecule has 5 rings (SSSR count). The summed E-state index contributed by atoms with van der Waals surface area (Å²) in [7, 11) is -2.10. The van der Waals surface area contributed by atoms with E-state index in [1.165, 1.54) is 12.1 Å². The van der Waals surface area contributed by atoms with Crippen LogP contribution in [0.15, 0.2) is 71.6 Å². The number of alkyl halides is 3. The first-order chi connectivity index (χ1) is 19.0. The van der Waals surface area contributed by atoms with E-state index in [9.17, 15) is 26.0 Å². The maximum Gasteiger partial charge on any atom is 0.419 e. The fraction of sp³-hybridized carbons (Fsp3) is 0.400.